The number of nitrogens with zero attached hydrogens (tertiary/aromatic N) is 5. The molecule has 0 bridgehead atoms. The first-order valence-corrected chi connectivity index (χ1v) is 25.9. The predicted octanol–water partition coefficient (Wildman–Crippen LogP) is 9.00. The van der Waals surface area contributed by atoms with Crippen LogP contribution in [0.3, 0.4) is 0 Å². The van der Waals surface area contributed by atoms with Crippen LogP contribution in [-0.4, -0.2) is 101 Å². The van der Waals surface area contributed by atoms with Gasteiger partial charge in [0.25, 0.3) is 21.8 Å². The number of pyridine rings is 2. The van der Waals surface area contributed by atoms with Gasteiger partial charge in [-0.3, -0.25) is 19.8 Å². The molecule has 2 aromatic carbocycles. The van der Waals surface area contributed by atoms with Gasteiger partial charge in [-0.1, -0.05) is 38.1 Å². The lowest BCUT2D eigenvalue weighted by Crippen LogP contribution is -2.60. The number of nitro groups is 1. The first-order valence-electron chi connectivity index (χ1n) is 24.4. The Hall–Kier alpha value is -5.89. The van der Waals surface area contributed by atoms with Crippen LogP contribution in [0.1, 0.15) is 119 Å². The average Bonchev–Trinajstić information content (AvgIpc) is 3.68. The summed E-state index contributed by atoms with van der Waals surface area (Å²) in [5.41, 5.74) is 2.33. The summed E-state index contributed by atoms with van der Waals surface area (Å²) < 4.78 is 63.0. The van der Waals surface area contributed by atoms with E-state index >= 15 is 0 Å². The lowest BCUT2D eigenvalue weighted by Gasteiger charge is -2.59. The number of aromatic nitrogens is 3. The van der Waals surface area contributed by atoms with Gasteiger partial charge in [0.05, 0.1) is 53.5 Å². The molecule has 2 saturated heterocycles. The van der Waals surface area contributed by atoms with E-state index in [0.29, 0.717) is 57.4 Å². The van der Waals surface area contributed by atoms with Crippen molar-refractivity contribution in [3.63, 3.8) is 0 Å². The molecule has 374 valence electrons. The van der Waals surface area contributed by atoms with E-state index in [1.54, 1.807) is 26.0 Å². The summed E-state index contributed by atoms with van der Waals surface area (Å²) in [4.78, 5) is 41.2. The quantitative estimate of drug-likeness (QED) is 0.0569. The fraction of sp³-hybridized carbons (Fsp3) is 0.510. The van der Waals surface area contributed by atoms with E-state index in [1.807, 2.05) is 0 Å². The number of anilines is 2. The van der Waals surface area contributed by atoms with Crippen LogP contribution < -0.4 is 24.4 Å². The molecule has 3 aromatic heterocycles. The van der Waals surface area contributed by atoms with E-state index in [0.717, 1.165) is 62.9 Å². The lowest BCUT2D eigenvalue weighted by atomic mass is 9.59. The van der Waals surface area contributed by atoms with E-state index in [2.05, 4.69) is 79.8 Å². The number of rotatable bonds is 15. The van der Waals surface area contributed by atoms with Gasteiger partial charge in [0.1, 0.15) is 22.1 Å². The summed E-state index contributed by atoms with van der Waals surface area (Å²) in [6, 6.07) is 16.8. The molecule has 4 fully saturated rings. The molecule has 2 atom stereocenters. The normalized spacial score (nSPS) is 23.0. The number of carbonyl (C=O) groups is 1. The molecule has 19 heteroatoms. The zero-order valence-corrected chi connectivity index (χ0v) is 41.2. The Morgan fingerprint density at radius 3 is 2.53 bits per heavy atom. The van der Waals surface area contributed by atoms with Crippen LogP contribution in [-0.2, 0) is 14.8 Å². The summed E-state index contributed by atoms with van der Waals surface area (Å²) in [6.45, 7) is 13.7. The van der Waals surface area contributed by atoms with E-state index in [9.17, 15) is 32.8 Å². The summed E-state index contributed by atoms with van der Waals surface area (Å²) in [5, 5.41) is 25.6. The summed E-state index contributed by atoms with van der Waals surface area (Å²) in [7, 11) is -4.73. The Bertz CT molecular complexity index is 2850. The smallest absolute Gasteiger partial charge is 0.312 e. The van der Waals surface area contributed by atoms with E-state index in [4.69, 9.17) is 14.2 Å². The molecule has 9 rings (SSSR count). The standard InChI is InChI=1S/C51H63FN8O9S/c1-6-68-49-45(23-40-41(52)28-55-46(40)56-49)69-44-21-34(58-19-17-51(18-20-58)24-35(25-51)59-32(4)29-67-30-43(59)38-10-8-7-9-37(38)31(2)3)11-12-39(44)48(61)57-70(65,66)36-22-42(60(63)64)47(54-27-36)53-26-33-13-15-50(5,62)16-14-33/h7-12,21-23,27-28,31-33,35,43,62H,6,13-20,24-26,29-30H2,1-5H3,(H,53,54)(H,55,56)(H,57,61)/t32-,33?,43-,50?/m0/s1. The second-order valence-corrected chi connectivity index (χ2v) is 22.0. The van der Waals surface area contributed by atoms with Gasteiger partial charge in [-0.15, -0.1) is 0 Å². The number of H-pyrrole nitrogens is 1. The zero-order chi connectivity index (χ0) is 49.5. The second-order valence-electron chi connectivity index (χ2n) is 20.3. The summed E-state index contributed by atoms with van der Waals surface area (Å²) in [6.07, 6.45) is 8.80. The molecule has 4 N–H and O–H groups in total. The van der Waals surface area contributed by atoms with Gasteiger partial charge in [-0.2, -0.15) is 4.98 Å². The maximum absolute atomic E-state index is 14.9. The van der Waals surface area contributed by atoms with Crippen molar-refractivity contribution in [3.8, 4) is 17.4 Å². The first-order chi connectivity index (χ1) is 33.4. The highest BCUT2D eigenvalue weighted by Crippen LogP contribution is 2.54. The summed E-state index contributed by atoms with van der Waals surface area (Å²) >= 11 is 0. The number of ether oxygens (including phenoxy) is 3. The molecular formula is C51H63FN8O9S. The van der Waals surface area contributed by atoms with Crippen LogP contribution >= 0.6 is 0 Å². The molecule has 1 amide bonds. The monoisotopic (exact) mass is 982 g/mol. The highest BCUT2D eigenvalue weighted by molar-refractivity contribution is 7.90. The molecule has 1 spiro atoms. The van der Waals surface area contributed by atoms with Crippen molar-refractivity contribution in [2.24, 2.45) is 11.3 Å². The van der Waals surface area contributed by atoms with Crippen molar-refractivity contribution in [2.75, 3.05) is 49.7 Å². The van der Waals surface area contributed by atoms with Crippen molar-refractivity contribution < 1.29 is 41.8 Å². The van der Waals surface area contributed by atoms with Crippen molar-refractivity contribution in [3.05, 3.63) is 99.6 Å². The molecular weight excluding hydrogens is 920 g/mol. The number of hydrogen-bond acceptors (Lipinski definition) is 14. The minimum absolute atomic E-state index is 0.00630. The van der Waals surface area contributed by atoms with Crippen molar-refractivity contribution in [1.29, 1.82) is 0 Å². The van der Waals surface area contributed by atoms with Gasteiger partial charge in [-0.05, 0) is 113 Å². The third-order valence-corrected chi connectivity index (χ3v) is 16.3. The maximum Gasteiger partial charge on any atom is 0.312 e. The number of aliphatic hydroxyl groups is 1. The second kappa shape index (κ2) is 19.7. The minimum Gasteiger partial charge on any atom is -0.475 e. The Kier molecular flexibility index (Phi) is 13.8. The molecule has 0 unspecified atom stereocenters. The van der Waals surface area contributed by atoms with Gasteiger partial charge < -0.3 is 34.5 Å². The fourth-order valence-corrected chi connectivity index (χ4v) is 12.0. The van der Waals surface area contributed by atoms with E-state index < -0.39 is 42.9 Å². The number of halogens is 1. The zero-order valence-electron chi connectivity index (χ0n) is 40.4. The highest BCUT2D eigenvalue weighted by Gasteiger charge is 2.51. The third kappa shape index (κ3) is 10.2. The molecule has 4 aliphatic rings. The van der Waals surface area contributed by atoms with Crippen molar-refractivity contribution in [1.82, 2.24) is 24.6 Å². The Morgan fingerprint density at radius 1 is 1.07 bits per heavy atom. The number of sulfonamides is 1. The molecule has 17 nitrogen and oxygen atoms in total. The van der Waals surface area contributed by atoms with Gasteiger partial charge in [0, 0.05) is 61.8 Å². The van der Waals surface area contributed by atoms with Crippen molar-refractivity contribution >= 4 is 44.2 Å². The van der Waals surface area contributed by atoms with E-state index in [1.165, 1.54) is 23.3 Å². The Balaban J connectivity index is 0.942. The number of aromatic amines is 1. The molecule has 70 heavy (non-hydrogen) atoms. The SMILES string of the molecule is CCOc1nc2[nH]cc(F)c2cc1Oc1cc(N2CCC3(CC2)CC(N2[C@@H](C)COC[C@H]2c2ccccc2C(C)C)C3)ccc1C(=O)NS(=O)(=O)c1cnc(NCC2CCC(C)(O)CC2)c([N+](=O)[O-])c1. The van der Waals surface area contributed by atoms with Crippen LogP contribution in [0.2, 0.25) is 0 Å². The van der Waals surface area contributed by atoms with Crippen LogP contribution in [0.5, 0.6) is 17.4 Å². The average molecular weight is 983 g/mol. The number of hydrogen-bond donors (Lipinski definition) is 4. The van der Waals surface area contributed by atoms with E-state index in [-0.39, 0.29) is 69.8 Å². The lowest BCUT2D eigenvalue weighted by molar-refractivity contribution is -0.384. The predicted molar refractivity (Wildman–Crippen MR) is 263 cm³/mol. The molecule has 0 radical (unpaired) electrons. The Labute approximate surface area is 407 Å². The third-order valence-electron chi connectivity index (χ3n) is 15.0. The van der Waals surface area contributed by atoms with Crippen LogP contribution in [0, 0.1) is 27.3 Å². The molecule has 5 heterocycles. The maximum atomic E-state index is 14.9. The first kappa shape index (κ1) is 49.1. The van der Waals surface area contributed by atoms with Gasteiger partial charge in [0.15, 0.2) is 5.75 Å². The van der Waals surface area contributed by atoms with Crippen LogP contribution in [0.4, 0.5) is 21.6 Å². The van der Waals surface area contributed by atoms with Crippen LogP contribution in [0.25, 0.3) is 11.0 Å². The summed E-state index contributed by atoms with van der Waals surface area (Å²) in [5.74, 6) is -1.27. The number of fused-ring (bicyclic) bond motifs is 1. The van der Waals surface area contributed by atoms with Gasteiger partial charge >= 0.3 is 5.69 Å². The number of piperidine rings is 1. The molecule has 2 saturated carbocycles. The number of nitrogens with one attached hydrogen (secondary N) is 3. The largest absolute Gasteiger partial charge is 0.475 e. The fourth-order valence-electron chi connectivity index (χ4n) is 11.1. The number of amides is 1. The topological polar surface area (TPSA) is 214 Å². The highest BCUT2D eigenvalue weighted by atomic mass is 32.2. The molecule has 2 aliphatic heterocycles. The number of morpholine rings is 1. The number of benzene rings is 2. The Morgan fingerprint density at radius 2 is 1.81 bits per heavy atom. The van der Waals surface area contributed by atoms with Crippen LogP contribution in [0.15, 0.2) is 71.9 Å². The van der Waals surface area contributed by atoms with Gasteiger partial charge in [0.2, 0.25) is 5.82 Å². The van der Waals surface area contributed by atoms with Crippen molar-refractivity contribution in [2.45, 2.75) is 121 Å². The minimum atomic E-state index is -4.73. The van der Waals surface area contributed by atoms with Gasteiger partial charge in [-0.25, -0.2) is 22.5 Å². The molecule has 2 aliphatic carbocycles. The molecule has 5 aromatic rings. The number of carbonyl (C=O) groups excluding carboxylic acids is 1.